The average molecular weight is 293 g/mol. The number of amides is 1. The molecule has 0 radical (unpaired) electrons. The van der Waals surface area contributed by atoms with Crippen LogP contribution in [0.5, 0.6) is 5.75 Å². The Labute approximate surface area is 106 Å². The van der Waals surface area contributed by atoms with Crippen molar-refractivity contribution in [3.8, 4) is 5.75 Å². The molecule has 0 spiro atoms. The lowest BCUT2D eigenvalue weighted by molar-refractivity contribution is 0.102. The number of halogens is 1. The van der Waals surface area contributed by atoms with Crippen LogP contribution >= 0.6 is 15.9 Å². The van der Waals surface area contributed by atoms with Gasteiger partial charge in [0.1, 0.15) is 10.4 Å². The number of anilines is 1. The molecule has 2 rings (SSSR count). The van der Waals surface area contributed by atoms with Crippen LogP contribution in [0.2, 0.25) is 0 Å². The Hall–Kier alpha value is -1.88. The Morgan fingerprint density at radius 1 is 1.29 bits per heavy atom. The SMILES string of the molecule is O=C(Nc1ccccc1O)c1ccnc(Br)c1. The van der Waals surface area contributed by atoms with E-state index in [2.05, 4.69) is 26.2 Å². The fraction of sp³-hybridized carbons (Fsp3) is 0. The second-order valence-corrected chi connectivity index (χ2v) is 4.15. The molecule has 2 aromatic rings. The van der Waals surface area contributed by atoms with Gasteiger partial charge in [0.2, 0.25) is 0 Å². The predicted molar refractivity (Wildman–Crippen MR) is 68.0 cm³/mol. The van der Waals surface area contributed by atoms with Crippen LogP contribution < -0.4 is 5.32 Å². The average Bonchev–Trinajstić information content (AvgIpc) is 2.32. The van der Waals surface area contributed by atoms with E-state index in [-0.39, 0.29) is 11.7 Å². The highest BCUT2D eigenvalue weighted by Gasteiger charge is 2.08. The fourth-order valence-corrected chi connectivity index (χ4v) is 1.68. The number of pyridine rings is 1. The van der Waals surface area contributed by atoms with Gasteiger partial charge in [-0.2, -0.15) is 0 Å². The minimum atomic E-state index is -0.297. The molecule has 5 heteroatoms. The third-order valence-corrected chi connectivity index (χ3v) is 2.57. The van der Waals surface area contributed by atoms with Gasteiger partial charge in [0.15, 0.2) is 0 Å². The van der Waals surface area contributed by atoms with Crippen molar-refractivity contribution >= 4 is 27.5 Å². The maximum atomic E-state index is 11.8. The summed E-state index contributed by atoms with van der Waals surface area (Å²) in [6, 6.07) is 9.77. The van der Waals surface area contributed by atoms with Gasteiger partial charge in [-0.3, -0.25) is 4.79 Å². The summed E-state index contributed by atoms with van der Waals surface area (Å²) in [5.41, 5.74) is 0.848. The molecule has 0 aliphatic heterocycles. The Morgan fingerprint density at radius 2 is 2.06 bits per heavy atom. The summed E-state index contributed by atoms with van der Waals surface area (Å²) < 4.78 is 0.586. The molecule has 0 saturated heterocycles. The lowest BCUT2D eigenvalue weighted by Gasteiger charge is -2.06. The van der Waals surface area contributed by atoms with Gasteiger partial charge < -0.3 is 10.4 Å². The second-order valence-electron chi connectivity index (χ2n) is 3.34. The highest BCUT2D eigenvalue weighted by atomic mass is 79.9. The van der Waals surface area contributed by atoms with E-state index in [1.54, 1.807) is 30.3 Å². The first-order valence-electron chi connectivity index (χ1n) is 4.88. The van der Waals surface area contributed by atoms with Gasteiger partial charge in [0, 0.05) is 11.8 Å². The molecule has 2 N–H and O–H groups in total. The normalized spacial score (nSPS) is 9.94. The molecule has 86 valence electrons. The molecule has 0 aliphatic rings. The summed E-state index contributed by atoms with van der Waals surface area (Å²) in [7, 11) is 0. The van der Waals surface area contributed by atoms with Crippen LogP contribution in [-0.4, -0.2) is 16.0 Å². The summed E-state index contributed by atoms with van der Waals surface area (Å²) in [4.78, 5) is 15.8. The van der Waals surface area contributed by atoms with Crippen molar-refractivity contribution in [1.29, 1.82) is 0 Å². The third-order valence-electron chi connectivity index (χ3n) is 2.14. The first kappa shape index (κ1) is 11.6. The molecule has 0 unspecified atom stereocenters. The van der Waals surface area contributed by atoms with E-state index < -0.39 is 0 Å². The summed E-state index contributed by atoms with van der Waals surface area (Å²) in [6.07, 6.45) is 1.53. The number of para-hydroxylation sites is 2. The van der Waals surface area contributed by atoms with Crippen molar-refractivity contribution in [2.75, 3.05) is 5.32 Å². The fourth-order valence-electron chi connectivity index (χ4n) is 1.32. The monoisotopic (exact) mass is 292 g/mol. The van der Waals surface area contributed by atoms with Gasteiger partial charge >= 0.3 is 0 Å². The van der Waals surface area contributed by atoms with Gasteiger partial charge in [0.25, 0.3) is 5.91 Å². The number of phenolic OH excluding ortho intramolecular Hbond substituents is 1. The molecule has 4 nitrogen and oxygen atoms in total. The van der Waals surface area contributed by atoms with Gasteiger partial charge in [-0.25, -0.2) is 4.98 Å². The number of phenols is 1. The number of nitrogens with one attached hydrogen (secondary N) is 1. The van der Waals surface area contributed by atoms with Gasteiger partial charge in [0.05, 0.1) is 5.69 Å². The number of benzene rings is 1. The summed E-state index contributed by atoms with van der Waals surface area (Å²) in [6.45, 7) is 0. The van der Waals surface area contributed by atoms with Crippen LogP contribution in [0, 0.1) is 0 Å². The van der Waals surface area contributed by atoms with E-state index in [0.29, 0.717) is 15.9 Å². The highest BCUT2D eigenvalue weighted by Crippen LogP contribution is 2.22. The van der Waals surface area contributed by atoms with E-state index in [9.17, 15) is 9.90 Å². The highest BCUT2D eigenvalue weighted by molar-refractivity contribution is 9.10. The van der Waals surface area contributed by atoms with Crippen molar-refractivity contribution in [3.63, 3.8) is 0 Å². The lowest BCUT2D eigenvalue weighted by Crippen LogP contribution is -2.12. The molecule has 0 aliphatic carbocycles. The summed E-state index contributed by atoms with van der Waals surface area (Å²) >= 11 is 3.19. The summed E-state index contributed by atoms with van der Waals surface area (Å²) in [5.74, 6) is -0.261. The number of carbonyl (C=O) groups is 1. The molecule has 1 aromatic heterocycles. The molecule has 1 aromatic carbocycles. The van der Waals surface area contributed by atoms with Crippen LogP contribution in [0.1, 0.15) is 10.4 Å². The molecule has 0 atom stereocenters. The Morgan fingerprint density at radius 3 is 2.76 bits per heavy atom. The predicted octanol–water partition coefficient (Wildman–Crippen LogP) is 2.80. The first-order valence-corrected chi connectivity index (χ1v) is 5.67. The molecule has 0 bridgehead atoms. The minimum absolute atomic E-state index is 0.0361. The van der Waals surface area contributed by atoms with Crippen molar-refractivity contribution in [1.82, 2.24) is 4.98 Å². The molecular formula is C12H9BrN2O2. The largest absolute Gasteiger partial charge is 0.506 e. The number of hydrogen-bond donors (Lipinski definition) is 2. The maximum Gasteiger partial charge on any atom is 0.255 e. The number of aromatic hydroxyl groups is 1. The Kier molecular flexibility index (Phi) is 3.39. The Bertz CT molecular complexity index is 558. The number of carbonyl (C=O) groups excluding carboxylic acids is 1. The van der Waals surface area contributed by atoms with E-state index >= 15 is 0 Å². The lowest BCUT2D eigenvalue weighted by atomic mass is 10.2. The van der Waals surface area contributed by atoms with Crippen LogP contribution in [0.3, 0.4) is 0 Å². The third kappa shape index (κ3) is 2.82. The number of hydrogen-bond acceptors (Lipinski definition) is 3. The van der Waals surface area contributed by atoms with E-state index in [1.165, 1.54) is 12.3 Å². The van der Waals surface area contributed by atoms with Gasteiger partial charge in [-0.05, 0) is 40.2 Å². The Balaban J connectivity index is 2.20. The molecule has 1 heterocycles. The van der Waals surface area contributed by atoms with Crippen LogP contribution in [0.25, 0.3) is 0 Å². The molecule has 0 fully saturated rings. The number of nitrogens with zero attached hydrogens (tertiary/aromatic N) is 1. The zero-order valence-electron chi connectivity index (χ0n) is 8.72. The standard InChI is InChI=1S/C12H9BrN2O2/c13-11-7-8(5-6-14-11)12(17)15-9-3-1-2-4-10(9)16/h1-7,16H,(H,15,17). The van der Waals surface area contributed by atoms with Crippen LogP contribution in [-0.2, 0) is 0 Å². The zero-order chi connectivity index (χ0) is 12.3. The van der Waals surface area contributed by atoms with Crippen molar-refractivity contribution in [2.45, 2.75) is 0 Å². The molecular weight excluding hydrogens is 284 g/mol. The quantitative estimate of drug-likeness (QED) is 0.661. The van der Waals surface area contributed by atoms with Crippen LogP contribution in [0.4, 0.5) is 5.69 Å². The van der Waals surface area contributed by atoms with Crippen molar-refractivity contribution < 1.29 is 9.90 Å². The molecule has 0 saturated carbocycles. The summed E-state index contributed by atoms with van der Waals surface area (Å²) in [5, 5.41) is 12.1. The van der Waals surface area contributed by atoms with Gasteiger partial charge in [-0.15, -0.1) is 0 Å². The molecule has 1 amide bonds. The van der Waals surface area contributed by atoms with E-state index in [1.807, 2.05) is 0 Å². The molecule has 17 heavy (non-hydrogen) atoms. The van der Waals surface area contributed by atoms with E-state index in [4.69, 9.17) is 0 Å². The number of rotatable bonds is 2. The smallest absolute Gasteiger partial charge is 0.255 e. The zero-order valence-corrected chi connectivity index (χ0v) is 10.3. The second kappa shape index (κ2) is 4.97. The maximum absolute atomic E-state index is 11.8. The first-order chi connectivity index (χ1) is 8.16. The minimum Gasteiger partial charge on any atom is -0.506 e. The van der Waals surface area contributed by atoms with Crippen molar-refractivity contribution in [3.05, 3.63) is 52.8 Å². The number of aromatic nitrogens is 1. The van der Waals surface area contributed by atoms with E-state index in [0.717, 1.165) is 0 Å². The topological polar surface area (TPSA) is 62.2 Å². The van der Waals surface area contributed by atoms with Gasteiger partial charge in [-0.1, -0.05) is 12.1 Å². The van der Waals surface area contributed by atoms with Crippen LogP contribution in [0.15, 0.2) is 47.2 Å². The van der Waals surface area contributed by atoms with Crippen molar-refractivity contribution in [2.24, 2.45) is 0 Å².